The number of anilines is 1. The summed E-state index contributed by atoms with van der Waals surface area (Å²) in [6.07, 6.45) is 5.12. The molecule has 0 spiro atoms. The monoisotopic (exact) mass is 434 g/mol. The standard InChI is InChI=1S/C22H28Cl2N4O/c23-21-4-3-19(14-22(21)24)28-10-8-27(9-11-28)17-20-16-26(12-13-29-20)7-5-18-2-1-6-25-15-18/h1-4,6,14-15,20H,5,7-13,16-17H2/t20-/m1/s1. The fraction of sp³-hybridized carbons (Fsp3) is 0.500. The largest absolute Gasteiger partial charge is 0.374 e. The zero-order chi connectivity index (χ0) is 20.1. The van der Waals surface area contributed by atoms with Crippen LogP contribution in [0, 0.1) is 0 Å². The molecule has 7 heteroatoms. The Morgan fingerprint density at radius 2 is 1.86 bits per heavy atom. The van der Waals surface area contributed by atoms with Gasteiger partial charge in [0, 0.05) is 70.4 Å². The van der Waals surface area contributed by atoms with Crippen molar-refractivity contribution in [1.29, 1.82) is 0 Å². The van der Waals surface area contributed by atoms with Crippen molar-refractivity contribution in [2.24, 2.45) is 0 Å². The summed E-state index contributed by atoms with van der Waals surface area (Å²) in [5.74, 6) is 0. The molecule has 2 saturated heterocycles. The van der Waals surface area contributed by atoms with E-state index in [4.69, 9.17) is 27.9 Å². The minimum absolute atomic E-state index is 0.286. The van der Waals surface area contributed by atoms with Crippen molar-refractivity contribution < 1.29 is 4.74 Å². The first-order valence-electron chi connectivity index (χ1n) is 10.3. The Morgan fingerprint density at radius 1 is 1.00 bits per heavy atom. The van der Waals surface area contributed by atoms with Crippen LogP contribution in [0.3, 0.4) is 0 Å². The Balaban J connectivity index is 1.22. The zero-order valence-corrected chi connectivity index (χ0v) is 18.2. The molecule has 2 fully saturated rings. The third-order valence-electron chi connectivity index (χ3n) is 5.76. The van der Waals surface area contributed by atoms with Gasteiger partial charge >= 0.3 is 0 Å². The molecule has 29 heavy (non-hydrogen) atoms. The van der Waals surface area contributed by atoms with E-state index < -0.39 is 0 Å². The summed E-state index contributed by atoms with van der Waals surface area (Å²) >= 11 is 12.2. The third kappa shape index (κ3) is 5.83. The second kappa shape index (κ2) is 10.1. The first-order valence-corrected chi connectivity index (χ1v) is 11.1. The molecule has 0 N–H and O–H groups in total. The van der Waals surface area contributed by atoms with Gasteiger partial charge in [-0.3, -0.25) is 14.8 Å². The topological polar surface area (TPSA) is 31.8 Å². The van der Waals surface area contributed by atoms with Gasteiger partial charge in [0.25, 0.3) is 0 Å². The predicted molar refractivity (Wildman–Crippen MR) is 119 cm³/mol. The van der Waals surface area contributed by atoms with Crippen molar-refractivity contribution in [3.8, 4) is 0 Å². The minimum atomic E-state index is 0.286. The minimum Gasteiger partial charge on any atom is -0.374 e. The van der Waals surface area contributed by atoms with E-state index in [2.05, 4.69) is 25.8 Å². The molecule has 2 aromatic rings. The third-order valence-corrected chi connectivity index (χ3v) is 6.50. The molecule has 0 aliphatic carbocycles. The van der Waals surface area contributed by atoms with Gasteiger partial charge in [-0.05, 0) is 36.2 Å². The molecule has 1 aromatic heterocycles. The molecular formula is C22H28Cl2N4O. The van der Waals surface area contributed by atoms with E-state index >= 15 is 0 Å². The van der Waals surface area contributed by atoms with Crippen LogP contribution in [0.25, 0.3) is 0 Å². The van der Waals surface area contributed by atoms with Gasteiger partial charge in [0.1, 0.15) is 0 Å². The Kier molecular flexibility index (Phi) is 7.27. The molecule has 0 amide bonds. The van der Waals surface area contributed by atoms with Gasteiger partial charge in [0.2, 0.25) is 0 Å². The maximum Gasteiger partial charge on any atom is 0.0829 e. The number of rotatable bonds is 6. The lowest BCUT2D eigenvalue weighted by molar-refractivity contribution is -0.0434. The van der Waals surface area contributed by atoms with E-state index in [0.717, 1.165) is 71.1 Å². The van der Waals surface area contributed by atoms with Crippen LogP contribution in [0.5, 0.6) is 0 Å². The number of aromatic nitrogens is 1. The number of nitrogens with zero attached hydrogens (tertiary/aromatic N) is 4. The van der Waals surface area contributed by atoms with Crippen LogP contribution < -0.4 is 4.90 Å². The number of piperazine rings is 1. The lowest BCUT2D eigenvalue weighted by atomic mass is 10.1. The van der Waals surface area contributed by atoms with Crippen molar-refractivity contribution in [3.05, 3.63) is 58.3 Å². The highest BCUT2D eigenvalue weighted by Gasteiger charge is 2.25. The van der Waals surface area contributed by atoms with Crippen molar-refractivity contribution >= 4 is 28.9 Å². The molecule has 2 aliphatic heterocycles. The van der Waals surface area contributed by atoms with Crippen molar-refractivity contribution in [2.45, 2.75) is 12.5 Å². The number of halogens is 2. The molecule has 3 heterocycles. The van der Waals surface area contributed by atoms with Crippen LogP contribution in [-0.2, 0) is 11.2 Å². The van der Waals surface area contributed by atoms with Crippen LogP contribution in [0.15, 0.2) is 42.7 Å². The zero-order valence-electron chi connectivity index (χ0n) is 16.6. The highest BCUT2D eigenvalue weighted by Crippen LogP contribution is 2.27. The average Bonchev–Trinajstić information content (AvgIpc) is 2.76. The van der Waals surface area contributed by atoms with E-state index in [-0.39, 0.29) is 6.10 Å². The van der Waals surface area contributed by atoms with Crippen LogP contribution in [0.4, 0.5) is 5.69 Å². The van der Waals surface area contributed by atoms with Crippen LogP contribution >= 0.6 is 23.2 Å². The Hall–Kier alpha value is -1.37. The number of ether oxygens (including phenoxy) is 1. The molecule has 5 nitrogen and oxygen atoms in total. The van der Waals surface area contributed by atoms with Gasteiger partial charge in [-0.15, -0.1) is 0 Å². The number of morpholine rings is 1. The second-order valence-electron chi connectivity index (χ2n) is 7.79. The highest BCUT2D eigenvalue weighted by atomic mass is 35.5. The van der Waals surface area contributed by atoms with E-state index in [1.807, 2.05) is 36.7 Å². The normalized spacial score (nSPS) is 21.4. The van der Waals surface area contributed by atoms with Crippen molar-refractivity contribution in [1.82, 2.24) is 14.8 Å². The van der Waals surface area contributed by atoms with Crippen molar-refractivity contribution in [2.75, 3.05) is 63.9 Å². The Bertz CT molecular complexity index is 784. The summed E-state index contributed by atoms with van der Waals surface area (Å²) in [5, 5.41) is 1.23. The molecule has 0 bridgehead atoms. The van der Waals surface area contributed by atoms with Gasteiger partial charge in [-0.25, -0.2) is 0 Å². The second-order valence-corrected chi connectivity index (χ2v) is 8.61. The van der Waals surface area contributed by atoms with Gasteiger partial charge in [-0.2, -0.15) is 0 Å². The molecule has 1 atom stereocenters. The van der Waals surface area contributed by atoms with Gasteiger partial charge < -0.3 is 9.64 Å². The fourth-order valence-electron chi connectivity index (χ4n) is 4.09. The van der Waals surface area contributed by atoms with Crippen LogP contribution in [0.2, 0.25) is 10.0 Å². The first-order chi connectivity index (χ1) is 14.2. The summed E-state index contributed by atoms with van der Waals surface area (Å²) in [7, 11) is 0. The number of hydrogen-bond donors (Lipinski definition) is 0. The molecule has 2 aliphatic rings. The maximum absolute atomic E-state index is 6.18. The van der Waals surface area contributed by atoms with E-state index in [1.165, 1.54) is 5.56 Å². The van der Waals surface area contributed by atoms with Crippen LogP contribution in [-0.4, -0.2) is 79.9 Å². The molecule has 0 saturated carbocycles. The quantitative estimate of drug-likeness (QED) is 0.694. The van der Waals surface area contributed by atoms with E-state index in [1.54, 1.807) is 0 Å². The summed E-state index contributed by atoms with van der Waals surface area (Å²) in [6, 6.07) is 10.0. The summed E-state index contributed by atoms with van der Waals surface area (Å²) in [5.41, 5.74) is 2.45. The van der Waals surface area contributed by atoms with E-state index in [9.17, 15) is 0 Å². The summed E-state index contributed by atoms with van der Waals surface area (Å²) in [4.78, 5) is 11.6. The maximum atomic E-state index is 6.18. The number of hydrogen-bond acceptors (Lipinski definition) is 5. The molecule has 0 radical (unpaired) electrons. The predicted octanol–water partition coefficient (Wildman–Crippen LogP) is 3.45. The van der Waals surface area contributed by atoms with Crippen molar-refractivity contribution in [3.63, 3.8) is 0 Å². The fourth-order valence-corrected chi connectivity index (χ4v) is 4.38. The van der Waals surface area contributed by atoms with Gasteiger partial charge in [0.05, 0.1) is 22.8 Å². The van der Waals surface area contributed by atoms with Gasteiger partial charge in [-0.1, -0.05) is 29.3 Å². The number of benzene rings is 1. The molecule has 156 valence electrons. The molecule has 1 aromatic carbocycles. The van der Waals surface area contributed by atoms with E-state index in [0.29, 0.717) is 10.0 Å². The molecule has 0 unspecified atom stereocenters. The van der Waals surface area contributed by atoms with Gasteiger partial charge in [0.15, 0.2) is 0 Å². The lowest BCUT2D eigenvalue weighted by Gasteiger charge is -2.40. The Morgan fingerprint density at radius 3 is 2.62 bits per heavy atom. The Labute approximate surface area is 183 Å². The summed E-state index contributed by atoms with van der Waals surface area (Å²) in [6.45, 7) is 8.97. The average molecular weight is 435 g/mol. The smallest absolute Gasteiger partial charge is 0.0829 e. The summed E-state index contributed by atoms with van der Waals surface area (Å²) < 4.78 is 6.06. The number of pyridine rings is 1. The highest BCUT2D eigenvalue weighted by molar-refractivity contribution is 6.42. The SMILES string of the molecule is Clc1ccc(N2CCN(C[C@H]3CN(CCc4cccnc4)CCO3)CC2)cc1Cl. The first kappa shape index (κ1) is 20.9. The molecule has 4 rings (SSSR count). The molecular weight excluding hydrogens is 407 g/mol. The van der Waals surface area contributed by atoms with Crippen LogP contribution in [0.1, 0.15) is 5.56 Å². The lowest BCUT2D eigenvalue weighted by Crippen LogP contribution is -2.52.